The summed E-state index contributed by atoms with van der Waals surface area (Å²) < 4.78 is 2.51. The lowest BCUT2D eigenvalue weighted by molar-refractivity contribution is -0.139. The van der Waals surface area contributed by atoms with E-state index in [1.54, 1.807) is 0 Å². The van der Waals surface area contributed by atoms with Crippen molar-refractivity contribution < 1.29 is 9.90 Å². The molecule has 0 aliphatic heterocycles. The Hall–Kier alpha value is -0.0900. The molecule has 0 bridgehead atoms. The van der Waals surface area contributed by atoms with Crippen LogP contribution in [0.5, 0.6) is 0 Å². The highest BCUT2D eigenvalue weighted by Gasteiger charge is 2.18. The third-order valence-electron chi connectivity index (χ3n) is 1.05. The van der Waals surface area contributed by atoms with Crippen molar-refractivity contribution in [3.8, 4) is 0 Å². The van der Waals surface area contributed by atoms with Crippen LogP contribution >= 0.6 is 16.1 Å². The first-order chi connectivity index (χ1) is 4.09. The van der Waals surface area contributed by atoms with Crippen LogP contribution in [-0.2, 0) is 4.79 Å². The molecule has 0 aromatic rings. The average Bonchev–Trinajstić information content (AvgIpc) is 1.64. The molecule has 0 aliphatic rings. The van der Waals surface area contributed by atoms with E-state index < -0.39 is 12.0 Å². The van der Waals surface area contributed by atoms with Gasteiger partial charge in [-0.1, -0.05) is 13.8 Å². The van der Waals surface area contributed by atoms with Crippen LogP contribution in [0.2, 0.25) is 0 Å². The fourth-order valence-corrected chi connectivity index (χ4v) is 1.18. The summed E-state index contributed by atoms with van der Waals surface area (Å²) in [6, 6.07) is -0.495. The van der Waals surface area contributed by atoms with Gasteiger partial charge in [0.1, 0.15) is 6.04 Å². The highest BCUT2D eigenvalue weighted by Crippen LogP contribution is 2.02. The lowest BCUT2D eigenvalue weighted by Crippen LogP contribution is -2.35. The summed E-state index contributed by atoms with van der Waals surface area (Å²) in [5.74, 6) is -0.733. The van der Waals surface area contributed by atoms with Crippen molar-refractivity contribution in [3.05, 3.63) is 0 Å². The van der Waals surface area contributed by atoms with Crippen molar-refractivity contribution in [2.24, 2.45) is 5.92 Å². The summed E-state index contributed by atoms with van der Waals surface area (Å²) in [5, 5.41) is 8.45. The number of aliphatic carboxylic acids is 1. The minimum Gasteiger partial charge on any atom is -0.480 e. The number of rotatable bonds is 3. The summed E-state index contributed by atoms with van der Waals surface area (Å²) in [4.78, 5) is 10.3. The Morgan fingerprint density at radius 1 is 1.67 bits per heavy atom. The van der Waals surface area contributed by atoms with E-state index >= 15 is 0 Å². The van der Waals surface area contributed by atoms with Gasteiger partial charge in [0.15, 0.2) is 0 Å². The molecule has 0 saturated heterocycles. The predicted octanol–water partition coefficient (Wildman–Crippen LogP) is 0.995. The molecule has 0 rings (SSSR count). The molecule has 9 heavy (non-hydrogen) atoms. The van der Waals surface area contributed by atoms with Gasteiger partial charge in [0.2, 0.25) is 0 Å². The maximum absolute atomic E-state index is 10.3. The Labute approximate surface area is 62.8 Å². The second-order valence-electron chi connectivity index (χ2n) is 2.17. The zero-order valence-corrected chi connectivity index (χ0v) is 6.97. The van der Waals surface area contributed by atoms with Crippen LogP contribution < -0.4 is 4.34 Å². The van der Waals surface area contributed by atoms with Crippen LogP contribution in [0.25, 0.3) is 0 Å². The number of carboxylic acids is 1. The molecule has 0 spiro atoms. The fourth-order valence-electron chi connectivity index (χ4n) is 0.458. The molecule has 0 heterocycles. The van der Waals surface area contributed by atoms with Crippen LogP contribution in [0.1, 0.15) is 13.8 Å². The Bertz CT molecular complexity index is 105. The summed E-state index contributed by atoms with van der Waals surface area (Å²) in [7, 11) is 0. The van der Waals surface area contributed by atoms with Crippen molar-refractivity contribution in [1.82, 2.24) is 4.34 Å². The number of carbonyl (C=O) groups is 1. The third kappa shape index (κ3) is 2.81. The number of hydrogen-bond acceptors (Lipinski definition) is 2. The lowest BCUT2D eigenvalue weighted by atomic mass is 10.1. The zero-order chi connectivity index (χ0) is 7.44. The molecule has 0 aliphatic carbocycles. The second kappa shape index (κ2) is 3.85. The van der Waals surface area contributed by atoms with E-state index in [0.29, 0.717) is 0 Å². The van der Waals surface area contributed by atoms with Gasteiger partial charge >= 0.3 is 5.97 Å². The Morgan fingerprint density at radius 2 is 2.11 bits per heavy atom. The van der Waals surface area contributed by atoms with Gasteiger partial charge in [-0.3, -0.25) is 4.79 Å². The van der Waals surface area contributed by atoms with Gasteiger partial charge in [0.05, 0.1) is 0 Å². The maximum atomic E-state index is 10.3. The Kier molecular flexibility index (Phi) is 3.81. The zero-order valence-electron chi connectivity index (χ0n) is 5.39. The summed E-state index contributed by atoms with van der Waals surface area (Å²) in [6.07, 6.45) is 0. The van der Waals surface area contributed by atoms with Gasteiger partial charge in [-0.2, -0.15) is 0 Å². The van der Waals surface area contributed by atoms with Gasteiger partial charge in [0, 0.05) is 16.1 Å². The topological polar surface area (TPSA) is 49.3 Å². The highest BCUT2D eigenvalue weighted by atomic mass is 79.9. The molecular formula is C5H10BrNO2. The van der Waals surface area contributed by atoms with E-state index in [0.717, 1.165) is 0 Å². The van der Waals surface area contributed by atoms with Crippen molar-refractivity contribution in [2.45, 2.75) is 19.9 Å². The molecule has 4 heteroatoms. The minimum absolute atomic E-state index is 0.0990. The number of hydrogen-bond donors (Lipinski definition) is 2. The van der Waals surface area contributed by atoms with E-state index in [2.05, 4.69) is 20.5 Å². The van der Waals surface area contributed by atoms with Crippen LogP contribution in [0.15, 0.2) is 0 Å². The molecule has 0 aromatic carbocycles. The number of nitrogens with one attached hydrogen (secondary N) is 1. The van der Waals surface area contributed by atoms with Gasteiger partial charge in [-0.15, -0.1) is 0 Å². The van der Waals surface area contributed by atoms with E-state index in [1.807, 2.05) is 13.8 Å². The molecule has 0 amide bonds. The normalized spacial score (nSPS) is 13.8. The standard InChI is InChI=1S/C5H10BrNO2/c1-3(2)4(7-6)5(8)9/h3-4,7H,1-2H3,(H,8,9)/t4-/m0/s1. The summed E-state index contributed by atoms with van der Waals surface area (Å²) in [5.41, 5.74) is 0. The van der Waals surface area contributed by atoms with E-state index in [1.165, 1.54) is 0 Å². The van der Waals surface area contributed by atoms with Crippen molar-refractivity contribution in [2.75, 3.05) is 0 Å². The first kappa shape index (κ1) is 8.91. The third-order valence-corrected chi connectivity index (χ3v) is 1.54. The summed E-state index contributed by atoms with van der Waals surface area (Å²) >= 11 is 2.89. The molecule has 2 N–H and O–H groups in total. The average molecular weight is 196 g/mol. The lowest BCUT2D eigenvalue weighted by Gasteiger charge is -2.12. The van der Waals surface area contributed by atoms with Crippen molar-refractivity contribution in [3.63, 3.8) is 0 Å². The quantitative estimate of drug-likeness (QED) is 0.662. The molecule has 54 valence electrons. The summed E-state index contributed by atoms with van der Waals surface area (Å²) in [6.45, 7) is 3.68. The molecule has 0 radical (unpaired) electrons. The first-order valence-electron chi connectivity index (χ1n) is 2.68. The van der Waals surface area contributed by atoms with E-state index in [-0.39, 0.29) is 5.92 Å². The number of halogens is 1. The first-order valence-corrected chi connectivity index (χ1v) is 3.48. The molecule has 3 nitrogen and oxygen atoms in total. The van der Waals surface area contributed by atoms with Gasteiger partial charge in [-0.05, 0) is 5.92 Å². The van der Waals surface area contributed by atoms with Crippen LogP contribution in [0.4, 0.5) is 0 Å². The fraction of sp³-hybridized carbons (Fsp3) is 0.800. The molecular weight excluding hydrogens is 186 g/mol. The van der Waals surface area contributed by atoms with Gasteiger partial charge in [0.25, 0.3) is 0 Å². The molecule has 1 atom stereocenters. The van der Waals surface area contributed by atoms with Crippen LogP contribution in [0, 0.1) is 5.92 Å². The van der Waals surface area contributed by atoms with Crippen LogP contribution in [0.3, 0.4) is 0 Å². The van der Waals surface area contributed by atoms with Gasteiger partial charge < -0.3 is 5.11 Å². The molecule has 0 fully saturated rings. The number of carboxylic acid groups (broad SMARTS) is 1. The Balaban J connectivity index is 3.83. The smallest absolute Gasteiger partial charge is 0.321 e. The van der Waals surface area contributed by atoms with E-state index in [4.69, 9.17) is 5.11 Å². The SMILES string of the molecule is CC(C)[C@H](NBr)C(=O)O. The molecule has 0 unspecified atom stereocenters. The highest BCUT2D eigenvalue weighted by molar-refractivity contribution is 9.08. The van der Waals surface area contributed by atoms with Crippen molar-refractivity contribution >= 4 is 22.1 Å². The monoisotopic (exact) mass is 195 g/mol. The predicted molar refractivity (Wildman–Crippen MR) is 38.3 cm³/mol. The molecule has 0 aromatic heterocycles. The maximum Gasteiger partial charge on any atom is 0.321 e. The molecule has 0 saturated carbocycles. The Morgan fingerprint density at radius 3 is 2.11 bits per heavy atom. The van der Waals surface area contributed by atoms with Crippen molar-refractivity contribution in [1.29, 1.82) is 0 Å². The van der Waals surface area contributed by atoms with E-state index in [9.17, 15) is 4.79 Å². The minimum atomic E-state index is -0.832. The van der Waals surface area contributed by atoms with Crippen LogP contribution in [-0.4, -0.2) is 17.1 Å². The second-order valence-corrected chi connectivity index (χ2v) is 2.63. The largest absolute Gasteiger partial charge is 0.480 e. The van der Waals surface area contributed by atoms with Gasteiger partial charge in [-0.25, -0.2) is 4.34 Å².